The third kappa shape index (κ3) is 2.38. The summed E-state index contributed by atoms with van der Waals surface area (Å²) in [4.78, 5) is 27.0. The second kappa shape index (κ2) is 3.88. The van der Waals surface area contributed by atoms with Crippen LogP contribution < -0.4 is 0 Å². The van der Waals surface area contributed by atoms with Crippen LogP contribution in [-0.4, -0.2) is 14.7 Å². The zero-order chi connectivity index (χ0) is 10.8. The number of hydrogen-bond acceptors (Lipinski definition) is 3. The predicted octanol–water partition coefficient (Wildman–Crippen LogP) is 1.14. The standard InChI is InChI=1S/C7H8NO5P/c9-8(10)7(14(11,12)13)6-4-2-1-3-5-6/h1-5,7H,(H2,11,12,13). The lowest BCUT2D eigenvalue weighted by Gasteiger charge is -2.10. The van der Waals surface area contributed by atoms with Crippen molar-refractivity contribution in [3.8, 4) is 0 Å². The Morgan fingerprint density at radius 1 is 1.29 bits per heavy atom. The van der Waals surface area contributed by atoms with Crippen LogP contribution in [0.25, 0.3) is 0 Å². The summed E-state index contributed by atoms with van der Waals surface area (Å²) in [5.41, 5.74) is 0.00540. The minimum Gasteiger partial charge on any atom is -0.319 e. The van der Waals surface area contributed by atoms with Gasteiger partial charge in [-0.15, -0.1) is 0 Å². The van der Waals surface area contributed by atoms with E-state index in [-0.39, 0.29) is 5.56 Å². The summed E-state index contributed by atoms with van der Waals surface area (Å²) >= 11 is 0. The molecule has 0 heterocycles. The van der Waals surface area contributed by atoms with Crippen molar-refractivity contribution in [1.82, 2.24) is 0 Å². The number of hydrogen-bond donors (Lipinski definition) is 2. The van der Waals surface area contributed by atoms with Gasteiger partial charge in [0, 0.05) is 10.5 Å². The van der Waals surface area contributed by atoms with Crippen LogP contribution in [0, 0.1) is 10.1 Å². The van der Waals surface area contributed by atoms with Crippen LogP contribution in [0.5, 0.6) is 0 Å². The van der Waals surface area contributed by atoms with E-state index < -0.39 is 18.3 Å². The minimum absolute atomic E-state index is 0.00540. The summed E-state index contributed by atoms with van der Waals surface area (Å²) in [6.07, 6.45) is 0. The smallest absolute Gasteiger partial charge is 0.319 e. The molecule has 0 aliphatic heterocycles. The first-order valence-corrected chi connectivity index (χ1v) is 5.35. The molecule has 1 aromatic carbocycles. The number of benzene rings is 1. The van der Waals surface area contributed by atoms with E-state index in [2.05, 4.69) is 0 Å². The summed E-state index contributed by atoms with van der Waals surface area (Å²) in [5, 5.41) is 10.5. The molecule has 0 saturated heterocycles. The Kier molecular flexibility index (Phi) is 3.00. The Balaban J connectivity index is 3.15. The molecule has 1 unspecified atom stereocenters. The maximum absolute atomic E-state index is 10.8. The SMILES string of the molecule is O=[N+]([O-])C(c1ccccc1)P(=O)(O)O. The number of rotatable bonds is 3. The first-order valence-electron chi connectivity index (χ1n) is 3.66. The van der Waals surface area contributed by atoms with E-state index in [9.17, 15) is 14.7 Å². The second-order valence-electron chi connectivity index (χ2n) is 2.66. The van der Waals surface area contributed by atoms with E-state index in [0.29, 0.717) is 0 Å². The highest BCUT2D eigenvalue weighted by molar-refractivity contribution is 7.51. The maximum Gasteiger partial charge on any atom is 0.403 e. The van der Waals surface area contributed by atoms with E-state index >= 15 is 0 Å². The van der Waals surface area contributed by atoms with Crippen molar-refractivity contribution in [1.29, 1.82) is 0 Å². The third-order valence-electron chi connectivity index (χ3n) is 1.62. The van der Waals surface area contributed by atoms with Crippen molar-refractivity contribution in [2.24, 2.45) is 0 Å². The first kappa shape index (κ1) is 10.8. The van der Waals surface area contributed by atoms with E-state index in [1.54, 1.807) is 6.07 Å². The largest absolute Gasteiger partial charge is 0.403 e. The van der Waals surface area contributed by atoms with E-state index in [4.69, 9.17) is 9.79 Å². The van der Waals surface area contributed by atoms with Gasteiger partial charge in [-0.2, -0.15) is 0 Å². The van der Waals surface area contributed by atoms with Crippen molar-refractivity contribution in [3.63, 3.8) is 0 Å². The fourth-order valence-electron chi connectivity index (χ4n) is 1.06. The fourth-order valence-corrected chi connectivity index (χ4v) is 1.87. The molecule has 0 amide bonds. The van der Waals surface area contributed by atoms with Crippen LogP contribution >= 0.6 is 7.60 Å². The Hall–Kier alpha value is -1.23. The van der Waals surface area contributed by atoms with Gasteiger partial charge in [-0.1, -0.05) is 30.3 Å². The maximum atomic E-state index is 10.8. The molecule has 0 fully saturated rings. The monoisotopic (exact) mass is 217 g/mol. The van der Waals surface area contributed by atoms with Crippen LogP contribution in [-0.2, 0) is 4.57 Å². The van der Waals surface area contributed by atoms with Crippen LogP contribution in [0.2, 0.25) is 0 Å². The fraction of sp³-hybridized carbons (Fsp3) is 0.143. The highest BCUT2D eigenvalue weighted by Crippen LogP contribution is 2.51. The first-order chi connectivity index (χ1) is 6.43. The normalized spacial score (nSPS) is 13.6. The molecule has 7 heteroatoms. The number of nitro groups is 1. The molecule has 0 spiro atoms. The summed E-state index contributed by atoms with van der Waals surface area (Å²) < 4.78 is 10.8. The predicted molar refractivity (Wildman–Crippen MR) is 48.2 cm³/mol. The van der Waals surface area contributed by atoms with E-state index in [1.165, 1.54) is 24.3 Å². The van der Waals surface area contributed by atoms with Crippen molar-refractivity contribution < 1.29 is 19.3 Å². The quantitative estimate of drug-likeness (QED) is 0.449. The van der Waals surface area contributed by atoms with Crippen molar-refractivity contribution in [3.05, 3.63) is 46.0 Å². The molecule has 1 atom stereocenters. The third-order valence-corrected chi connectivity index (χ3v) is 2.74. The molecule has 2 N–H and O–H groups in total. The highest BCUT2D eigenvalue weighted by Gasteiger charge is 2.41. The van der Waals surface area contributed by atoms with Gasteiger partial charge in [-0.05, 0) is 0 Å². The second-order valence-corrected chi connectivity index (χ2v) is 4.33. The minimum atomic E-state index is -4.75. The van der Waals surface area contributed by atoms with Gasteiger partial charge in [0.05, 0.1) is 0 Å². The molecule has 76 valence electrons. The average Bonchev–Trinajstić information content (AvgIpc) is 2.02. The van der Waals surface area contributed by atoms with Crippen molar-refractivity contribution in [2.75, 3.05) is 0 Å². The van der Waals surface area contributed by atoms with Gasteiger partial charge in [0.15, 0.2) is 0 Å². The highest BCUT2D eigenvalue weighted by atomic mass is 31.2. The summed E-state index contributed by atoms with van der Waals surface area (Å²) in [6.45, 7) is 0. The van der Waals surface area contributed by atoms with Crippen LogP contribution in [0.4, 0.5) is 0 Å². The van der Waals surface area contributed by atoms with E-state index in [0.717, 1.165) is 0 Å². The molecule has 0 radical (unpaired) electrons. The van der Waals surface area contributed by atoms with E-state index in [1.807, 2.05) is 0 Å². The molecule has 0 aliphatic carbocycles. The molecule has 1 rings (SSSR count). The lowest BCUT2D eigenvalue weighted by Crippen LogP contribution is -2.10. The molecular formula is C7H8NO5P. The molecule has 1 aromatic rings. The van der Waals surface area contributed by atoms with Crippen LogP contribution in [0.3, 0.4) is 0 Å². The van der Waals surface area contributed by atoms with Gasteiger partial charge in [0.2, 0.25) is 0 Å². The Labute approximate surface area is 79.5 Å². The molecule has 14 heavy (non-hydrogen) atoms. The van der Waals surface area contributed by atoms with Gasteiger partial charge in [-0.3, -0.25) is 14.7 Å². The number of nitrogens with zero attached hydrogens (tertiary/aromatic N) is 1. The molecule has 0 aromatic heterocycles. The topological polar surface area (TPSA) is 101 Å². The van der Waals surface area contributed by atoms with Crippen LogP contribution in [0.15, 0.2) is 30.3 Å². The van der Waals surface area contributed by atoms with Gasteiger partial charge in [0.1, 0.15) is 0 Å². The summed E-state index contributed by atoms with van der Waals surface area (Å²) in [5.74, 6) is -1.97. The zero-order valence-electron chi connectivity index (χ0n) is 6.98. The molecule has 6 nitrogen and oxygen atoms in total. The Bertz CT molecular complexity index is 373. The molecule has 0 bridgehead atoms. The lowest BCUT2D eigenvalue weighted by atomic mass is 10.2. The Morgan fingerprint density at radius 2 is 1.79 bits per heavy atom. The van der Waals surface area contributed by atoms with Crippen molar-refractivity contribution >= 4 is 7.60 Å². The summed E-state index contributed by atoms with van der Waals surface area (Å²) in [6, 6.07) is 7.21. The molecular weight excluding hydrogens is 209 g/mol. The van der Waals surface area contributed by atoms with Gasteiger partial charge in [-0.25, -0.2) is 0 Å². The van der Waals surface area contributed by atoms with Gasteiger partial charge < -0.3 is 9.79 Å². The lowest BCUT2D eigenvalue weighted by molar-refractivity contribution is -0.506. The molecule has 0 aliphatic rings. The van der Waals surface area contributed by atoms with Gasteiger partial charge >= 0.3 is 13.4 Å². The summed E-state index contributed by atoms with van der Waals surface area (Å²) in [7, 11) is -4.75. The van der Waals surface area contributed by atoms with Gasteiger partial charge in [0.25, 0.3) is 0 Å². The van der Waals surface area contributed by atoms with Crippen LogP contribution in [0.1, 0.15) is 11.3 Å². The average molecular weight is 217 g/mol. The Morgan fingerprint density at radius 3 is 2.14 bits per heavy atom. The zero-order valence-corrected chi connectivity index (χ0v) is 7.87. The molecule has 0 saturated carbocycles. The van der Waals surface area contributed by atoms with Crippen molar-refractivity contribution in [2.45, 2.75) is 5.78 Å².